The molecule has 0 bridgehead atoms. The first-order valence-electron chi connectivity index (χ1n) is 8.11. The van der Waals surface area contributed by atoms with Gasteiger partial charge in [-0.1, -0.05) is 29.3 Å². The lowest BCUT2D eigenvalue weighted by Gasteiger charge is -2.21. The minimum absolute atomic E-state index is 0.187. The number of hydrogen-bond acceptors (Lipinski definition) is 5. The van der Waals surface area contributed by atoms with Crippen LogP contribution in [0.3, 0.4) is 0 Å². The lowest BCUT2D eigenvalue weighted by Crippen LogP contribution is -2.27. The number of halogens is 2. The Balaban J connectivity index is 2.03. The van der Waals surface area contributed by atoms with E-state index in [2.05, 4.69) is 25.6 Å². The van der Waals surface area contributed by atoms with E-state index in [4.69, 9.17) is 23.2 Å². The van der Waals surface area contributed by atoms with E-state index >= 15 is 0 Å². The van der Waals surface area contributed by atoms with E-state index in [1.807, 2.05) is 45.0 Å². The van der Waals surface area contributed by atoms with E-state index in [9.17, 15) is 0 Å². The summed E-state index contributed by atoms with van der Waals surface area (Å²) in [4.78, 5) is 13.5. The molecule has 3 rings (SSSR count). The van der Waals surface area contributed by atoms with E-state index in [0.717, 1.165) is 5.69 Å². The van der Waals surface area contributed by atoms with Crippen molar-refractivity contribution in [2.24, 2.45) is 0 Å². The van der Waals surface area contributed by atoms with Crippen LogP contribution < -0.4 is 10.6 Å². The Labute approximate surface area is 162 Å². The molecule has 3 aromatic rings. The number of anilines is 3. The number of hydrogen-bond donors (Lipinski definition) is 2. The third kappa shape index (κ3) is 4.84. The molecule has 1 aromatic carbocycles. The van der Waals surface area contributed by atoms with Crippen molar-refractivity contribution < 1.29 is 0 Å². The number of nitrogens with one attached hydrogen (secondary N) is 2. The predicted octanol–water partition coefficient (Wildman–Crippen LogP) is 5.80. The molecule has 2 N–H and O–H groups in total. The normalized spacial score (nSPS) is 11.3. The second kappa shape index (κ2) is 7.48. The highest BCUT2D eigenvalue weighted by Gasteiger charge is 2.15. The fourth-order valence-corrected chi connectivity index (χ4v) is 2.62. The number of pyridine rings is 1. The molecule has 0 radical (unpaired) electrons. The minimum Gasteiger partial charge on any atom is -0.350 e. The molecule has 26 heavy (non-hydrogen) atoms. The van der Waals surface area contributed by atoms with Gasteiger partial charge in [-0.2, -0.15) is 4.98 Å². The summed E-state index contributed by atoms with van der Waals surface area (Å²) >= 11 is 12.3. The number of rotatable bonds is 4. The van der Waals surface area contributed by atoms with Crippen LogP contribution >= 0.6 is 23.2 Å². The molecule has 5 nitrogen and oxygen atoms in total. The topological polar surface area (TPSA) is 62.7 Å². The first kappa shape index (κ1) is 18.4. The highest BCUT2D eigenvalue weighted by molar-refractivity contribution is 6.35. The van der Waals surface area contributed by atoms with Gasteiger partial charge in [0.2, 0.25) is 5.95 Å². The SMILES string of the molecule is CC(C)(C)Nc1nc(Nc2cc(Cl)ccc2Cl)cc(-c2ccccn2)n1. The molecule has 2 heterocycles. The standard InChI is InChI=1S/C19H19Cl2N5/c1-19(2,3)26-18-24-16(14-6-4-5-9-22-14)11-17(25-18)23-15-10-12(20)7-8-13(15)21/h4-11H,1-3H3,(H2,23,24,25,26). The largest absolute Gasteiger partial charge is 0.350 e. The molecule has 7 heteroatoms. The van der Waals surface area contributed by atoms with Crippen molar-refractivity contribution in [3.63, 3.8) is 0 Å². The molecule has 0 aliphatic heterocycles. The van der Waals surface area contributed by atoms with Gasteiger partial charge in [-0.05, 0) is 51.1 Å². The molecule has 0 saturated heterocycles. The zero-order chi connectivity index (χ0) is 18.7. The Morgan fingerprint density at radius 3 is 2.42 bits per heavy atom. The van der Waals surface area contributed by atoms with Crippen LogP contribution in [0.1, 0.15) is 20.8 Å². The summed E-state index contributed by atoms with van der Waals surface area (Å²) in [6.45, 7) is 6.14. The Hall–Kier alpha value is -2.37. The average molecular weight is 388 g/mol. The Morgan fingerprint density at radius 1 is 0.923 bits per heavy atom. The monoisotopic (exact) mass is 387 g/mol. The molecule has 0 aliphatic carbocycles. The van der Waals surface area contributed by atoms with Crippen molar-refractivity contribution in [3.05, 3.63) is 58.7 Å². The van der Waals surface area contributed by atoms with Gasteiger partial charge in [-0.15, -0.1) is 0 Å². The van der Waals surface area contributed by atoms with Gasteiger partial charge in [0, 0.05) is 22.8 Å². The van der Waals surface area contributed by atoms with Crippen molar-refractivity contribution in [1.29, 1.82) is 0 Å². The van der Waals surface area contributed by atoms with Crippen LogP contribution in [-0.2, 0) is 0 Å². The molecule has 2 aromatic heterocycles. The summed E-state index contributed by atoms with van der Waals surface area (Å²) < 4.78 is 0. The summed E-state index contributed by atoms with van der Waals surface area (Å²) in [7, 11) is 0. The van der Waals surface area contributed by atoms with Crippen molar-refractivity contribution in [2.75, 3.05) is 10.6 Å². The lowest BCUT2D eigenvalue weighted by atomic mass is 10.1. The van der Waals surface area contributed by atoms with E-state index < -0.39 is 0 Å². The summed E-state index contributed by atoms with van der Waals surface area (Å²) in [5.74, 6) is 1.10. The van der Waals surface area contributed by atoms with Gasteiger partial charge in [0.05, 0.1) is 22.1 Å². The highest BCUT2D eigenvalue weighted by Crippen LogP contribution is 2.29. The lowest BCUT2D eigenvalue weighted by molar-refractivity contribution is 0.626. The first-order valence-corrected chi connectivity index (χ1v) is 8.86. The van der Waals surface area contributed by atoms with Crippen LogP contribution in [0.25, 0.3) is 11.4 Å². The van der Waals surface area contributed by atoms with Gasteiger partial charge in [0.25, 0.3) is 0 Å². The van der Waals surface area contributed by atoms with Crippen LogP contribution in [0.2, 0.25) is 10.0 Å². The zero-order valence-electron chi connectivity index (χ0n) is 14.7. The number of nitrogens with zero attached hydrogens (tertiary/aromatic N) is 3. The van der Waals surface area contributed by atoms with Crippen molar-refractivity contribution >= 4 is 40.7 Å². The number of aromatic nitrogens is 3. The summed E-state index contributed by atoms with van der Waals surface area (Å²) in [5.41, 5.74) is 1.94. The highest BCUT2D eigenvalue weighted by atomic mass is 35.5. The van der Waals surface area contributed by atoms with Gasteiger partial charge in [0.15, 0.2) is 0 Å². The minimum atomic E-state index is -0.187. The molecule has 0 amide bonds. The fraction of sp³-hybridized carbons (Fsp3) is 0.211. The van der Waals surface area contributed by atoms with Gasteiger partial charge >= 0.3 is 0 Å². The van der Waals surface area contributed by atoms with E-state index in [0.29, 0.717) is 33.2 Å². The molecule has 0 unspecified atom stereocenters. The smallest absolute Gasteiger partial charge is 0.225 e. The third-order valence-corrected chi connectivity index (χ3v) is 3.90. The molecule has 0 saturated carbocycles. The molecule has 0 spiro atoms. The molecule has 0 aliphatic rings. The van der Waals surface area contributed by atoms with Crippen molar-refractivity contribution in [2.45, 2.75) is 26.3 Å². The van der Waals surface area contributed by atoms with Gasteiger partial charge < -0.3 is 10.6 Å². The van der Waals surface area contributed by atoms with Crippen LogP contribution in [0.4, 0.5) is 17.5 Å². The molecular formula is C19H19Cl2N5. The molecular weight excluding hydrogens is 369 g/mol. The summed E-state index contributed by atoms with van der Waals surface area (Å²) in [6.07, 6.45) is 1.73. The molecule has 0 fully saturated rings. The molecule has 134 valence electrons. The van der Waals surface area contributed by atoms with Crippen LogP contribution in [0.5, 0.6) is 0 Å². The number of benzene rings is 1. The van der Waals surface area contributed by atoms with Gasteiger partial charge in [0.1, 0.15) is 5.82 Å². The zero-order valence-corrected chi connectivity index (χ0v) is 16.2. The van der Waals surface area contributed by atoms with E-state index in [1.165, 1.54) is 0 Å². The predicted molar refractivity (Wildman–Crippen MR) is 108 cm³/mol. The second-order valence-electron chi connectivity index (χ2n) is 6.80. The Bertz CT molecular complexity index is 908. The van der Waals surface area contributed by atoms with Gasteiger partial charge in [-0.3, -0.25) is 4.98 Å². The van der Waals surface area contributed by atoms with Crippen LogP contribution in [0.15, 0.2) is 48.7 Å². The molecule has 0 atom stereocenters. The van der Waals surface area contributed by atoms with Gasteiger partial charge in [-0.25, -0.2) is 4.98 Å². The summed E-state index contributed by atoms with van der Waals surface area (Å²) in [6, 6.07) is 12.7. The maximum absolute atomic E-state index is 6.26. The third-order valence-electron chi connectivity index (χ3n) is 3.33. The fourth-order valence-electron chi connectivity index (χ4n) is 2.28. The maximum Gasteiger partial charge on any atom is 0.225 e. The van der Waals surface area contributed by atoms with Crippen LogP contribution in [0, 0.1) is 0 Å². The maximum atomic E-state index is 6.26. The van der Waals surface area contributed by atoms with E-state index in [1.54, 1.807) is 24.4 Å². The second-order valence-corrected chi connectivity index (χ2v) is 7.64. The van der Waals surface area contributed by atoms with E-state index in [-0.39, 0.29) is 5.54 Å². The van der Waals surface area contributed by atoms with Crippen molar-refractivity contribution in [1.82, 2.24) is 15.0 Å². The Morgan fingerprint density at radius 2 is 1.73 bits per heavy atom. The van der Waals surface area contributed by atoms with Crippen LogP contribution in [-0.4, -0.2) is 20.5 Å². The summed E-state index contributed by atoms with van der Waals surface area (Å²) in [5, 5.41) is 7.65. The Kier molecular flexibility index (Phi) is 5.30. The quantitative estimate of drug-likeness (QED) is 0.592. The first-order chi connectivity index (χ1) is 12.3. The van der Waals surface area contributed by atoms with Crippen molar-refractivity contribution in [3.8, 4) is 11.4 Å². The average Bonchev–Trinajstić information content (AvgIpc) is 2.57.